The van der Waals surface area contributed by atoms with E-state index in [4.69, 9.17) is 0 Å². The first-order chi connectivity index (χ1) is 19.1. The maximum absolute atomic E-state index is 2.39. The molecule has 0 aromatic heterocycles. The van der Waals surface area contributed by atoms with Crippen LogP contribution in [0, 0.1) is 48.5 Å². The second-order valence-corrected chi connectivity index (χ2v) is 11.4. The molecule has 0 heterocycles. The van der Waals surface area contributed by atoms with Gasteiger partial charge in [-0.05, 0) is 119 Å². The van der Waals surface area contributed by atoms with Crippen molar-refractivity contribution in [3.05, 3.63) is 136 Å². The Morgan fingerprint density at radius 2 is 0.650 bits per heavy atom. The molecule has 2 nitrogen and oxygen atoms in total. The minimum atomic E-state index is 1.14. The van der Waals surface area contributed by atoms with Crippen LogP contribution in [0.4, 0.5) is 34.1 Å². The molecule has 5 rings (SSSR count). The Hall–Kier alpha value is -4.24. The van der Waals surface area contributed by atoms with E-state index in [1.807, 2.05) is 0 Å². The second-order valence-electron chi connectivity index (χ2n) is 11.4. The molecular formula is C37H39BN2. The zero-order valence-electron chi connectivity index (χ0n) is 25.1. The summed E-state index contributed by atoms with van der Waals surface area (Å²) >= 11 is 0. The first-order valence-corrected chi connectivity index (χ1v) is 14.1. The van der Waals surface area contributed by atoms with Crippen LogP contribution in [-0.4, -0.2) is 7.85 Å². The van der Waals surface area contributed by atoms with Gasteiger partial charge in [-0.2, -0.15) is 0 Å². The summed E-state index contributed by atoms with van der Waals surface area (Å²) in [5.41, 5.74) is 17.3. The van der Waals surface area contributed by atoms with E-state index in [1.165, 1.54) is 55.8 Å². The van der Waals surface area contributed by atoms with Crippen LogP contribution in [0.1, 0.15) is 38.9 Å². The first-order valence-electron chi connectivity index (χ1n) is 14.1. The molecule has 5 aromatic rings. The first kappa shape index (κ1) is 27.3. The Labute approximate surface area is 241 Å². The second kappa shape index (κ2) is 11.1. The lowest BCUT2D eigenvalue weighted by Crippen LogP contribution is -2.16. The van der Waals surface area contributed by atoms with Crippen molar-refractivity contribution in [1.82, 2.24) is 0 Å². The third kappa shape index (κ3) is 5.42. The Morgan fingerprint density at radius 3 is 0.975 bits per heavy atom. The normalized spacial score (nSPS) is 11.0. The number of rotatable bonds is 6. The zero-order valence-corrected chi connectivity index (χ0v) is 25.1. The van der Waals surface area contributed by atoms with E-state index in [1.54, 1.807) is 0 Å². The number of aryl methyl sites for hydroxylation is 7. The molecule has 0 spiro atoms. The molecular weight excluding hydrogens is 483 g/mol. The van der Waals surface area contributed by atoms with Gasteiger partial charge in [0.2, 0.25) is 0 Å². The number of hydrogen-bond acceptors (Lipinski definition) is 2. The minimum Gasteiger partial charge on any atom is -0.310 e. The largest absolute Gasteiger partial charge is 0.310 e. The van der Waals surface area contributed by atoms with E-state index in [2.05, 4.69) is 163 Å². The molecule has 3 heteroatoms. The summed E-state index contributed by atoms with van der Waals surface area (Å²) in [6.07, 6.45) is 0. The van der Waals surface area contributed by atoms with Crippen LogP contribution in [0.3, 0.4) is 0 Å². The number of benzene rings is 5. The molecule has 0 unspecified atom stereocenters. The molecule has 5 aromatic carbocycles. The molecule has 0 amide bonds. The summed E-state index contributed by atoms with van der Waals surface area (Å²) in [6.45, 7) is 15.3. The minimum absolute atomic E-state index is 1.14. The molecule has 0 aliphatic heterocycles. The third-order valence-corrected chi connectivity index (χ3v) is 7.67. The number of nitrogens with zero attached hydrogens (tertiary/aromatic N) is 2. The van der Waals surface area contributed by atoms with Gasteiger partial charge >= 0.3 is 0 Å². The molecule has 0 fully saturated rings. The lowest BCUT2D eigenvalue weighted by Gasteiger charge is -2.31. The molecule has 0 aliphatic rings. The molecule has 0 bridgehead atoms. The zero-order chi connectivity index (χ0) is 28.6. The summed E-state index contributed by atoms with van der Waals surface area (Å²) < 4.78 is 0. The predicted octanol–water partition coefficient (Wildman–Crippen LogP) is 9.04. The highest BCUT2D eigenvalue weighted by Gasteiger charge is 2.20. The van der Waals surface area contributed by atoms with Gasteiger partial charge in [-0.25, -0.2) is 0 Å². The van der Waals surface area contributed by atoms with Crippen LogP contribution in [0.2, 0.25) is 0 Å². The summed E-state index contributed by atoms with van der Waals surface area (Å²) in [6, 6.07) is 35.8. The highest BCUT2D eigenvalue weighted by atomic mass is 15.2. The average Bonchev–Trinajstić information content (AvgIpc) is 2.90. The van der Waals surface area contributed by atoms with Crippen LogP contribution in [0.15, 0.2) is 97.1 Å². The van der Waals surface area contributed by atoms with Crippen molar-refractivity contribution in [2.24, 2.45) is 0 Å². The third-order valence-electron chi connectivity index (χ3n) is 7.67. The summed E-state index contributed by atoms with van der Waals surface area (Å²) in [5, 5.41) is 0. The van der Waals surface area contributed by atoms with Gasteiger partial charge < -0.3 is 9.80 Å². The fourth-order valence-corrected chi connectivity index (χ4v) is 6.00. The monoisotopic (exact) mass is 522 g/mol. The molecule has 0 saturated carbocycles. The van der Waals surface area contributed by atoms with E-state index in [9.17, 15) is 0 Å². The van der Waals surface area contributed by atoms with Crippen LogP contribution in [-0.2, 0) is 0 Å². The lowest BCUT2D eigenvalue weighted by atomic mass is 9.91. The molecule has 0 aliphatic carbocycles. The van der Waals surface area contributed by atoms with Crippen LogP contribution >= 0.6 is 0 Å². The Morgan fingerprint density at radius 1 is 0.375 bits per heavy atom. The maximum Gasteiger partial charge on any atom is 0.139 e. The van der Waals surface area contributed by atoms with E-state index in [-0.39, 0.29) is 0 Å². The van der Waals surface area contributed by atoms with Crippen molar-refractivity contribution < 1.29 is 0 Å². The summed E-state index contributed by atoms with van der Waals surface area (Å²) in [7, 11) is 2.17. The van der Waals surface area contributed by atoms with Gasteiger partial charge in [0.05, 0.1) is 11.4 Å². The molecule has 200 valence electrons. The van der Waals surface area contributed by atoms with Crippen molar-refractivity contribution >= 4 is 47.4 Å². The molecule has 0 saturated heterocycles. The SMILES string of the molecule is Bc1cc(C)c(N(c2ccc(C)cc2)c2ccc(N(c3ccc(C)cc3)c3c(C)cc(C)cc3C)cc2)c(C)c1. The summed E-state index contributed by atoms with van der Waals surface area (Å²) in [4.78, 5) is 4.79. The van der Waals surface area contributed by atoms with Crippen molar-refractivity contribution in [2.45, 2.75) is 48.5 Å². The van der Waals surface area contributed by atoms with Gasteiger partial charge in [0.1, 0.15) is 7.85 Å². The van der Waals surface area contributed by atoms with Gasteiger partial charge in [-0.3, -0.25) is 0 Å². The van der Waals surface area contributed by atoms with Crippen molar-refractivity contribution in [1.29, 1.82) is 0 Å². The molecule has 0 N–H and O–H groups in total. The van der Waals surface area contributed by atoms with Crippen LogP contribution in [0.5, 0.6) is 0 Å². The highest BCUT2D eigenvalue weighted by Crippen LogP contribution is 2.42. The molecule has 40 heavy (non-hydrogen) atoms. The number of anilines is 6. The van der Waals surface area contributed by atoms with E-state index in [0.29, 0.717) is 0 Å². The van der Waals surface area contributed by atoms with Crippen molar-refractivity contribution in [3.63, 3.8) is 0 Å². The van der Waals surface area contributed by atoms with Crippen molar-refractivity contribution in [3.8, 4) is 0 Å². The van der Waals surface area contributed by atoms with Gasteiger partial charge in [0, 0.05) is 22.7 Å². The lowest BCUT2D eigenvalue weighted by molar-refractivity contribution is 1.19. The maximum atomic E-state index is 2.39. The Kier molecular flexibility index (Phi) is 7.58. The van der Waals surface area contributed by atoms with E-state index in [0.717, 1.165) is 22.7 Å². The van der Waals surface area contributed by atoms with Gasteiger partial charge in [0.25, 0.3) is 0 Å². The Bertz CT molecular complexity index is 1480. The Balaban J connectivity index is 1.66. The molecule has 0 radical (unpaired) electrons. The fraction of sp³-hybridized carbons (Fsp3) is 0.189. The van der Waals surface area contributed by atoms with Crippen molar-refractivity contribution in [2.75, 3.05) is 9.80 Å². The topological polar surface area (TPSA) is 6.48 Å². The van der Waals surface area contributed by atoms with E-state index < -0.39 is 0 Å². The van der Waals surface area contributed by atoms with Crippen LogP contribution < -0.4 is 15.3 Å². The standard InChI is InChI=1S/C37H39BN2/c1-24-8-12-32(13-9-24)39(36-27(4)20-26(3)21-28(36)5)34-16-18-35(19-17-34)40(33-14-10-25(2)11-15-33)37-29(6)22-31(38)23-30(37)7/h8-23H,38H2,1-7H3. The van der Waals surface area contributed by atoms with Gasteiger partial charge in [0.15, 0.2) is 0 Å². The van der Waals surface area contributed by atoms with Gasteiger partial charge in [-0.15, -0.1) is 0 Å². The highest BCUT2D eigenvalue weighted by molar-refractivity contribution is 6.32. The van der Waals surface area contributed by atoms with Crippen LogP contribution in [0.25, 0.3) is 0 Å². The predicted molar refractivity (Wildman–Crippen MR) is 177 cm³/mol. The average molecular weight is 523 g/mol. The van der Waals surface area contributed by atoms with Gasteiger partial charge in [-0.1, -0.05) is 70.7 Å². The quantitative estimate of drug-likeness (QED) is 0.205. The number of hydrogen-bond donors (Lipinski definition) is 0. The fourth-order valence-electron chi connectivity index (χ4n) is 6.00. The smallest absolute Gasteiger partial charge is 0.139 e. The molecule has 0 atom stereocenters. The van der Waals surface area contributed by atoms with E-state index >= 15 is 0 Å². The summed E-state index contributed by atoms with van der Waals surface area (Å²) in [5.74, 6) is 0.